The van der Waals surface area contributed by atoms with Crippen LogP contribution in [0.5, 0.6) is 0 Å². The number of aliphatic imine (C=N–C) groups is 1. The molecule has 0 heterocycles. The SMILES string of the molecule is I.NC(=NCCCS(=O)(=O)Cc1ccccc1)NCCc1ccccc1. The maximum Gasteiger partial charge on any atom is 0.188 e. The molecule has 3 N–H and O–H groups in total. The predicted molar refractivity (Wildman–Crippen MR) is 119 cm³/mol. The van der Waals surface area contributed by atoms with Crippen LogP contribution in [0, 0.1) is 0 Å². The maximum absolute atomic E-state index is 12.1. The van der Waals surface area contributed by atoms with Crippen LogP contribution in [0.2, 0.25) is 0 Å². The Morgan fingerprint density at radius 1 is 0.962 bits per heavy atom. The van der Waals surface area contributed by atoms with Crippen molar-refractivity contribution >= 4 is 39.8 Å². The van der Waals surface area contributed by atoms with Gasteiger partial charge in [-0.15, -0.1) is 24.0 Å². The quantitative estimate of drug-likeness (QED) is 0.247. The van der Waals surface area contributed by atoms with E-state index < -0.39 is 9.84 Å². The van der Waals surface area contributed by atoms with Crippen molar-refractivity contribution < 1.29 is 8.42 Å². The zero-order chi connectivity index (χ0) is 18.0. The van der Waals surface area contributed by atoms with Gasteiger partial charge in [-0.25, -0.2) is 8.42 Å². The molecule has 0 atom stereocenters. The lowest BCUT2D eigenvalue weighted by atomic mass is 10.1. The Hall–Kier alpha value is -1.61. The standard InChI is InChI=1S/C19H25N3O2S.HI/c20-19(22-14-12-17-8-3-1-4-9-17)21-13-7-15-25(23,24)16-18-10-5-2-6-11-18;/h1-6,8-11H,7,12-16H2,(H3,20,21,22);1H. The Morgan fingerprint density at radius 2 is 1.54 bits per heavy atom. The number of hydrogen-bond acceptors (Lipinski definition) is 3. The molecule has 5 nitrogen and oxygen atoms in total. The summed E-state index contributed by atoms with van der Waals surface area (Å²) in [7, 11) is -3.12. The summed E-state index contributed by atoms with van der Waals surface area (Å²) in [5.41, 5.74) is 7.85. The molecular formula is C19H26IN3O2S. The highest BCUT2D eigenvalue weighted by molar-refractivity contribution is 14.0. The average Bonchev–Trinajstić information content (AvgIpc) is 2.60. The first-order valence-electron chi connectivity index (χ1n) is 8.37. The summed E-state index contributed by atoms with van der Waals surface area (Å²) < 4.78 is 24.2. The van der Waals surface area contributed by atoms with E-state index in [9.17, 15) is 8.42 Å². The summed E-state index contributed by atoms with van der Waals surface area (Å²) in [5, 5.41) is 3.05. The van der Waals surface area contributed by atoms with Gasteiger partial charge in [-0.1, -0.05) is 60.7 Å². The summed E-state index contributed by atoms with van der Waals surface area (Å²) in [4.78, 5) is 4.18. The highest BCUT2D eigenvalue weighted by Gasteiger charge is 2.11. The van der Waals surface area contributed by atoms with Gasteiger partial charge in [0.1, 0.15) is 0 Å². The van der Waals surface area contributed by atoms with Gasteiger partial charge in [-0.2, -0.15) is 0 Å². The number of guanidine groups is 1. The van der Waals surface area contributed by atoms with Crippen molar-refractivity contribution in [2.45, 2.75) is 18.6 Å². The smallest absolute Gasteiger partial charge is 0.188 e. The van der Waals surface area contributed by atoms with Gasteiger partial charge in [-0.05, 0) is 24.0 Å². The van der Waals surface area contributed by atoms with E-state index in [0.29, 0.717) is 25.5 Å². The van der Waals surface area contributed by atoms with Gasteiger partial charge in [0.05, 0.1) is 11.5 Å². The van der Waals surface area contributed by atoms with Crippen LogP contribution in [-0.2, 0) is 22.0 Å². The van der Waals surface area contributed by atoms with Gasteiger partial charge in [-0.3, -0.25) is 4.99 Å². The van der Waals surface area contributed by atoms with Crippen LogP contribution in [0.1, 0.15) is 17.5 Å². The van der Waals surface area contributed by atoms with E-state index >= 15 is 0 Å². The number of hydrogen-bond donors (Lipinski definition) is 2. The van der Waals surface area contributed by atoms with Crippen molar-refractivity contribution in [2.24, 2.45) is 10.7 Å². The molecule has 0 aromatic heterocycles. The molecule has 0 radical (unpaired) electrons. The normalized spacial score (nSPS) is 11.6. The molecule has 142 valence electrons. The molecule has 0 bridgehead atoms. The third-order valence-corrected chi connectivity index (χ3v) is 5.37. The van der Waals surface area contributed by atoms with Crippen LogP contribution in [-0.4, -0.2) is 33.2 Å². The maximum atomic E-state index is 12.1. The molecule has 0 saturated heterocycles. The number of nitrogens with one attached hydrogen (secondary N) is 1. The molecule has 0 spiro atoms. The van der Waals surface area contributed by atoms with Gasteiger partial charge in [0.25, 0.3) is 0 Å². The first-order chi connectivity index (χ1) is 12.1. The van der Waals surface area contributed by atoms with Crippen molar-refractivity contribution in [2.75, 3.05) is 18.8 Å². The fourth-order valence-electron chi connectivity index (χ4n) is 2.42. The molecule has 2 aromatic rings. The van der Waals surface area contributed by atoms with Crippen molar-refractivity contribution in [3.63, 3.8) is 0 Å². The predicted octanol–water partition coefficient (Wildman–Crippen LogP) is 2.76. The van der Waals surface area contributed by atoms with Gasteiger partial charge in [0, 0.05) is 13.1 Å². The van der Waals surface area contributed by atoms with Crippen LogP contribution in [0.25, 0.3) is 0 Å². The molecule has 0 fully saturated rings. The van der Waals surface area contributed by atoms with E-state index in [2.05, 4.69) is 22.4 Å². The molecule has 0 aliphatic heterocycles. The monoisotopic (exact) mass is 487 g/mol. The summed E-state index contributed by atoms with van der Waals surface area (Å²) in [6.07, 6.45) is 1.33. The van der Waals surface area contributed by atoms with E-state index in [4.69, 9.17) is 5.73 Å². The van der Waals surface area contributed by atoms with Crippen molar-refractivity contribution in [3.05, 3.63) is 71.8 Å². The Kier molecular flexibility index (Phi) is 10.3. The Labute approximate surface area is 173 Å². The lowest BCUT2D eigenvalue weighted by Gasteiger charge is -2.06. The Bertz CT molecular complexity index is 766. The summed E-state index contributed by atoms with van der Waals surface area (Å²) in [5.74, 6) is 0.543. The van der Waals surface area contributed by atoms with Gasteiger partial charge < -0.3 is 11.1 Å². The summed E-state index contributed by atoms with van der Waals surface area (Å²) in [6, 6.07) is 19.3. The van der Waals surface area contributed by atoms with Crippen LogP contribution < -0.4 is 11.1 Å². The molecule has 0 saturated carbocycles. The molecular weight excluding hydrogens is 461 g/mol. The number of benzene rings is 2. The molecule has 2 aromatic carbocycles. The molecule has 2 rings (SSSR count). The lowest BCUT2D eigenvalue weighted by Crippen LogP contribution is -2.33. The molecule has 0 aliphatic carbocycles. The van der Waals surface area contributed by atoms with Gasteiger partial charge in [0.2, 0.25) is 0 Å². The fourth-order valence-corrected chi connectivity index (χ4v) is 3.83. The second-order valence-electron chi connectivity index (χ2n) is 5.86. The second kappa shape index (κ2) is 11.9. The first kappa shape index (κ1) is 22.4. The van der Waals surface area contributed by atoms with Crippen LogP contribution in [0.3, 0.4) is 0 Å². The molecule has 0 amide bonds. The minimum atomic E-state index is -3.12. The van der Waals surface area contributed by atoms with E-state index in [1.807, 2.05) is 48.5 Å². The largest absolute Gasteiger partial charge is 0.370 e. The van der Waals surface area contributed by atoms with Crippen molar-refractivity contribution in [3.8, 4) is 0 Å². The average molecular weight is 487 g/mol. The fraction of sp³-hybridized carbons (Fsp3) is 0.316. The van der Waals surface area contributed by atoms with Crippen molar-refractivity contribution in [1.82, 2.24) is 5.32 Å². The van der Waals surface area contributed by atoms with E-state index in [1.54, 1.807) is 0 Å². The number of sulfone groups is 1. The number of nitrogens with zero attached hydrogens (tertiary/aromatic N) is 1. The third-order valence-electron chi connectivity index (χ3n) is 3.69. The number of nitrogens with two attached hydrogens (primary N) is 1. The topological polar surface area (TPSA) is 84.5 Å². The minimum Gasteiger partial charge on any atom is -0.370 e. The van der Waals surface area contributed by atoms with E-state index in [1.165, 1.54) is 5.56 Å². The highest BCUT2D eigenvalue weighted by atomic mass is 127. The molecule has 26 heavy (non-hydrogen) atoms. The highest BCUT2D eigenvalue weighted by Crippen LogP contribution is 2.07. The zero-order valence-electron chi connectivity index (χ0n) is 14.7. The van der Waals surface area contributed by atoms with E-state index in [-0.39, 0.29) is 35.5 Å². The van der Waals surface area contributed by atoms with Gasteiger partial charge in [0.15, 0.2) is 15.8 Å². The number of rotatable bonds is 9. The Balaban J connectivity index is 0.00000338. The van der Waals surface area contributed by atoms with Crippen molar-refractivity contribution in [1.29, 1.82) is 0 Å². The first-order valence-corrected chi connectivity index (χ1v) is 10.2. The van der Waals surface area contributed by atoms with E-state index in [0.717, 1.165) is 12.0 Å². The summed E-state index contributed by atoms with van der Waals surface area (Å²) >= 11 is 0. The zero-order valence-corrected chi connectivity index (χ0v) is 17.8. The lowest BCUT2D eigenvalue weighted by molar-refractivity contribution is 0.593. The summed E-state index contributed by atoms with van der Waals surface area (Å²) in [6.45, 7) is 1.10. The molecule has 0 aliphatic rings. The molecule has 7 heteroatoms. The van der Waals surface area contributed by atoms with Crippen LogP contribution in [0.4, 0.5) is 0 Å². The van der Waals surface area contributed by atoms with Crippen LogP contribution >= 0.6 is 24.0 Å². The molecule has 0 unspecified atom stereocenters. The van der Waals surface area contributed by atoms with Crippen LogP contribution in [0.15, 0.2) is 65.7 Å². The van der Waals surface area contributed by atoms with Gasteiger partial charge >= 0.3 is 0 Å². The Morgan fingerprint density at radius 3 is 2.15 bits per heavy atom. The minimum absolute atomic E-state index is 0. The third kappa shape index (κ3) is 9.19. The number of halogens is 1. The second-order valence-corrected chi connectivity index (χ2v) is 8.04.